The van der Waals surface area contributed by atoms with Gasteiger partial charge in [-0.2, -0.15) is 0 Å². The van der Waals surface area contributed by atoms with Crippen molar-refractivity contribution in [3.05, 3.63) is 68.2 Å². The first kappa shape index (κ1) is 16.7. The zero-order chi connectivity index (χ0) is 17.0. The molecular weight excluding hydrogens is 294 g/mol. The summed E-state index contributed by atoms with van der Waals surface area (Å²) in [6, 6.07) is 10.2. The topological polar surface area (TPSA) is 75.2 Å². The number of H-pyrrole nitrogens is 1. The van der Waals surface area contributed by atoms with Crippen LogP contribution in [0.5, 0.6) is 0 Å². The van der Waals surface area contributed by atoms with Crippen molar-refractivity contribution in [2.45, 2.75) is 39.9 Å². The van der Waals surface area contributed by atoms with Gasteiger partial charge in [-0.05, 0) is 26.3 Å². The van der Waals surface area contributed by atoms with Crippen LogP contribution in [0, 0.1) is 6.92 Å². The Balaban J connectivity index is 2.20. The maximum Gasteiger partial charge on any atom is 0.265 e. The lowest BCUT2D eigenvalue weighted by Gasteiger charge is -2.27. The van der Waals surface area contributed by atoms with Crippen LogP contribution in [-0.2, 0) is 17.9 Å². The zero-order valence-corrected chi connectivity index (χ0v) is 13.6. The molecule has 0 aliphatic rings. The number of aromatic nitrogens is 2. The summed E-state index contributed by atoms with van der Waals surface area (Å²) in [5.41, 5.74) is 1.34. The number of nitrogens with zero attached hydrogens (tertiary/aromatic N) is 2. The van der Waals surface area contributed by atoms with Gasteiger partial charge in [-0.1, -0.05) is 29.8 Å². The van der Waals surface area contributed by atoms with Crippen molar-refractivity contribution < 1.29 is 4.79 Å². The minimum absolute atomic E-state index is 0.0193. The number of aromatic amines is 1. The van der Waals surface area contributed by atoms with Crippen LogP contribution in [0.3, 0.4) is 0 Å². The first-order chi connectivity index (χ1) is 10.9. The molecular formula is C17H21N3O3. The molecule has 0 aliphatic heterocycles. The highest BCUT2D eigenvalue weighted by molar-refractivity contribution is 5.76. The summed E-state index contributed by atoms with van der Waals surface area (Å²) in [5, 5.41) is 2.37. The quantitative estimate of drug-likeness (QED) is 0.903. The van der Waals surface area contributed by atoms with Gasteiger partial charge in [0.2, 0.25) is 5.91 Å². The van der Waals surface area contributed by atoms with Gasteiger partial charge in [0.05, 0.1) is 0 Å². The number of amides is 1. The minimum atomic E-state index is -0.410. The average molecular weight is 315 g/mol. The number of hydrogen-bond donors (Lipinski definition) is 1. The number of hydrogen-bond acceptors (Lipinski definition) is 3. The van der Waals surface area contributed by atoms with Crippen LogP contribution in [0.1, 0.15) is 25.0 Å². The molecule has 2 aromatic rings. The van der Waals surface area contributed by atoms with Crippen molar-refractivity contribution in [3.8, 4) is 0 Å². The molecule has 0 unspecified atom stereocenters. The highest BCUT2D eigenvalue weighted by atomic mass is 16.2. The van der Waals surface area contributed by atoms with E-state index in [0.29, 0.717) is 6.54 Å². The molecule has 1 N–H and O–H groups in total. The van der Waals surface area contributed by atoms with E-state index in [0.717, 1.165) is 27.9 Å². The molecule has 0 radical (unpaired) electrons. The maximum atomic E-state index is 12.6. The molecule has 0 aliphatic carbocycles. The Hall–Kier alpha value is -2.63. The zero-order valence-electron chi connectivity index (χ0n) is 13.6. The maximum absolute atomic E-state index is 12.6. The second kappa shape index (κ2) is 7.09. The van der Waals surface area contributed by atoms with E-state index in [2.05, 4.69) is 5.10 Å². The first-order valence-electron chi connectivity index (χ1n) is 7.52. The lowest BCUT2D eigenvalue weighted by molar-refractivity contribution is -0.134. The Morgan fingerprint density at radius 3 is 2.61 bits per heavy atom. The van der Waals surface area contributed by atoms with Crippen LogP contribution in [0.4, 0.5) is 0 Å². The first-order valence-corrected chi connectivity index (χ1v) is 7.52. The molecule has 0 fully saturated rings. The van der Waals surface area contributed by atoms with Crippen LogP contribution in [0.15, 0.2) is 46.0 Å². The average Bonchev–Trinajstić information content (AvgIpc) is 2.48. The van der Waals surface area contributed by atoms with E-state index in [1.54, 1.807) is 4.90 Å². The lowest BCUT2D eigenvalue weighted by atomic mass is 10.1. The van der Waals surface area contributed by atoms with Gasteiger partial charge in [-0.3, -0.25) is 19.5 Å². The molecule has 0 bridgehead atoms. The van der Waals surface area contributed by atoms with E-state index in [4.69, 9.17) is 0 Å². The van der Waals surface area contributed by atoms with Gasteiger partial charge < -0.3 is 4.90 Å². The van der Waals surface area contributed by atoms with Crippen LogP contribution >= 0.6 is 0 Å². The molecule has 2 rings (SSSR count). The van der Waals surface area contributed by atoms with Crippen molar-refractivity contribution in [1.29, 1.82) is 0 Å². The Kier molecular flexibility index (Phi) is 5.16. The SMILES string of the molecule is Cc1cccc(CN(C(=O)Cn2[nH]c(=O)ccc2=O)C(C)C)c1. The lowest BCUT2D eigenvalue weighted by Crippen LogP contribution is -2.41. The van der Waals surface area contributed by atoms with Crippen molar-refractivity contribution in [1.82, 2.24) is 14.7 Å². The smallest absolute Gasteiger partial charge is 0.265 e. The summed E-state index contributed by atoms with van der Waals surface area (Å²) >= 11 is 0. The van der Waals surface area contributed by atoms with Gasteiger partial charge in [-0.25, -0.2) is 4.68 Å². The molecule has 1 aromatic carbocycles. The Morgan fingerprint density at radius 2 is 1.96 bits per heavy atom. The van der Waals surface area contributed by atoms with E-state index in [1.165, 1.54) is 0 Å². The molecule has 6 nitrogen and oxygen atoms in total. The van der Waals surface area contributed by atoms with Gasteiger partial charge in [0, 0.05) is 24.7 Å². The fourth-order valence-electron chi connectivity index (χ4n) is 2.37. The molecule has 0 atom stereocenters. The fraction of sp³-hybridized carbons (Fsp3) is 0.353. The van der Waals surface area contributed by atoms with Crippen LogP contribution in [0.2, 0.25) is 0 Å². The number of nitrogens with one attached hydrogen (secondary N) is 1. The predicted molar refractivity (Wildman–Crippen MR) is 88.2 cm³/mol. The summed E-state index contributed by atoms with van der Waals surface area (Å²) in [4.78, 5) is 37.3. The second-order valence-electron chi connectivity index (χ2n) is 5.84. The molecule has 122 valence electrons. The van der Waals surface area contributed by atoms with Gasteiger partial charge in [0.1, 0.15) is 6.54 Å². The summed E-state index contributed by atoms with van der Waals surface area (Å²) in [6.45, 7) is 6.12. The summed E-state index contributed by atoms with van der Waals surface area (Å²) < 4.78 is 1.04. The van der Waals surface area contributed by atoms with E-state index in [-0.39, 0.29) is 18.5 Å². The number of carbonyl (C=O) groups excluding carboxylic acids is 1. The van der Waals surface area contributed by atoms with Crippen molar-refractivity contribution in [2.24, 2.45) is 0 Å². The molecule has 1 amide bonds. The Labute approximate surface area is 134 Å². The van der Waals surface area contributed by atoms with E-state index >= 15 is 0 Å². The number of benzene rings is 1. The molecule has 0 saturated carbocycles. The van der Waals surface area contributed by atoms with Gasteiger partial charge in [0.25, 0.3) is 11.1 Å². The van der Waals surface area contributed by atoms with Crippen LogP contribution in [-0.4, -0.2) is 26.6 Å². The number of aryl methyl sites for hydroxylation is 1. The normalized spacial score (nSPS) is 10.8. The molecule has 1 heterocycles. The van der Waals surface area contributed by atoms with Crippen molar-refractivity contribution in [3.63, 3.8) is 0 Å². The summed E-state index contributed by atoms with van der Waals surface area (Å²) in [5.74, 6) is -0.217. The minimum Gasteiger partial charge on any atom is -0.334 e. The monoisotopic (exact) mass is 315 g/mol. The molecule has 1 aromatic heterocycles. The van der Waals surface area contributed by atoms with E-state index in [1.807, 2.05) is 45.0 Å². The van der Waals surface area contributed by atoms with E-state index in [9.17, 15) is 14.4 Å². The van der Waals surface area contributed by atoms with Gasteiger partial charge in [-0.15, -0.1) is 0 Å². The Morgan fingerprint density at radius 1 is 1.22 bits per heavy atom. The third-order valence-electron chi connectivity index (χ3n) is 3.56. The third kappa shape index (κ3) is 4.42. The highest BCUT2D eigenvalue weighted by Gasteiger charge is 2.18. The second-order valence-corrected chi connectivity index (χ2v) is 5.84. The summed E-state index contributed by atoms with van der Waals surface area (Å²) in [6.07, 6.45) is 0. The predicted octanol–water partition coefficient (Wildman–Crippen LogP) is 1.28. The van der Waals surface area contributed by atoms with Crippen molar-refractivity contribution >= 4 is 5.91 Å². The Bertz CT molecular complexity index is 805. The molecule has 0 saturated heterocycles. The van der Waals surface area contributed by atoms with Crippen molar-refractivity contribution in [2.75, 3.05) is 0 Å². The molecule has 0 spiro atoms. The van der Waals surface area contributed by atoms with Crippen LogP contribution in [0.25, 0.3) is 0 Å². The number of carbonyl (C=O) groups is 1. The largest absolute Gasteiger partial charge is 0.334 e. The fourth-order valence-corrected chi connectivity index (χ4v) is 2.37. The molecule has 6 heteroatoms. The van der Waals surface area contributed by atoms with Gasteiger partial charge >= 0.3 is 0 Å². The number of rotatable bonds is 5. The van der Waals surface area contributed by atoms with Crippen LogP contribution < -0.4 is 11.1 Å². The highest BCUT2D eigenvalue weighted by Crippen LogP contribution is 2.11. The molecule has 23 heavy (non-hydrogen) atoms. The third-order valence-corrected chi connectivity index (χ3v) is 3.56. The summed E-state index contributed by atoms with van der Waals surface area (Å²) in [7, 11) is 0. The van der Waals surface area contributed by atoms with Gasteiger partial charge in [0.15, 0.2) is 0 Å². The van der Waals surface area contributed by atoms with E-state index < -0.39 is 11.1 Å². The standard InChI is InChI=1S/C17H21N3O3/c1-12(2)19(10-14-6-4-5-13(3)9-14)17(23)11-20-16(22)8-7-15(21)18-20/h4-9,12H,10-11H2,1-3H3,(H,18,21).